The molecule has 23 heavy (non-hydrogen) atoms. The smallest absolute Gasteiger partial charge is 0.263 e. The fourth-order valence-corrected chi connectivity index (χ4v) is 3.36. The number of thiazole rings is 1. The minimum absolute atomic E-state index is 0.0965. The van der Waals surface area contributed by atoms with E-state index in [1.807, 2.05) is 26.0 Å². The van der Waals surface area contributed by atoms with Gasteiger partial charge in [0.15, 0.2) is 5.13 Å². The first-order valence-electron chi connectivity index (χ1n) is 7.69. The molecule has 1 aliphatic heterocycles. The average Bonchev–Trinajstić information content (AvgIpc) is 3.14. The zero-order valence-electron chi connectivity index (χ0n) is 13.3. The van der Waals surface area contributed by atoms with Gasteiger partial charge in [-0.2, -0.15) is 0 Å². The fourth-order valence-electron chi connectivity index (χ4n) is 2.47. The molecule has 122 valence electrons. The quantitative estimate of drug-likeness (QED) is 0.880. The standard InChI is InChI=1S/C16H20N4O2S/c1-10-5-6-17-13(8-10)20-16-19-11(2)14(23-16)15(21)18-9-12-4-3-7-22-12/h5-6,8,12H,3-4,7,9H2,1-2H3,(H,18,21)(H,17,19,20)/t12-/m0/s1. The molecule has 6 nitrogen and oxygen atoms in total. The lowest BCUT2D eigenvalue weighted by molar-refractivity contribution is 0.0860. The van der Waals surface area contributed by atoms with E-state index in [0.717, 1.165) is 36.5 Å². The largest absolute Gasteiger partial charge is 0.376 e. The minimum atomic E-state index is -0.0965. The van der Waals surface area contributed by atoms with Gasteiger partial charge in [0, 0.05) is 19.3 Å². The molecule has 0 unspecified atom stereocenters. The molecule has 3 rings (SSSR count). The van der Waals surface area contributed by atoms with E-state index >= 15 is 0 Å². The van der Waals surface area contributed by atoms with Crippen LogP contribution in [-0.4, -0.2) is 35.1 Å². The van der Waals surface area contributed by atoms with Gasteiger partial charge in [0.1, 0.15) is 10.7 Å². The lowest BCUT2D eigenvalue weighted by Gasteiger charge is -2.09. The van der Waals surface area contributed by atoms with Crippen molar-refractivity contribution in [3.63, 3.8) is 0 Å². The van der Waals surface area contributed by atoms with Crippen LogP contribution in [0, 0.1) is 13.8 Å². The van der Waals surface area contributed by atoms with E-state index in [1.54, 1.807) is 6.20 Å². The Labute approximate surface area is 139 Å². The topological polar surface area (TPSA) is 76.1 Å². The van der Waals surface area contributed by atoms with Crippen LogP contribution in [0.3, 0.4) is 0 Å². The second kappa shape index (κ2) is 7.06. The molecule has 0 bridgehead atoms. The van der Waals surface area contributed by atoms with Crippen molar-refractivity contribution in [3.05, 3.63) is 34.5 Å². The number of anilines is 2. The number of carbonyl (C=O) groups excluding carboxylic acids is 1. The Balaban J connectivity index is 1.64. The van der Waals surface area contributed by atoms with E-state index in [1.165, 1.54) is 11.3 Å². The molecule has 0 aliphatic carbocycles. The molecule has 0 spiro atoms. The molecule has 0 saturated carbocycles. The summed E-state index contributed by atoms with van der Waals surface area (Å²) in [5, 5.41) is 6.75. The van der Waals surface area contributed by atoms with Crippen LogP contribution in [0.2, 0.25) is 0 Å². The number of aromatic nitrogens is 2. The van der Waals surface area contributed by atoms with Gasteiger partial charge in [-0.15, -0.1) is 0 Å². The molecule has 2 N–H and O–H groups in total. The Morgan fingerprint density at radius 2 is 2.35 bits per heavy atom. The van der Waals surface area contributed by atoms with Crippen LogP contribution in [-0.2, 0) is 4.74 Å². The number of rotatable bonds is 5. The second-order valence-electron chi connectivity index (χ2n) is 5.62. The van der Waals surface area contributed by atoms with Crippen LogP contribution >= 0.6 is 11.3 Å². The molecule has 1 saturated heterocycles. The lowest BCUT2D eigenvalue weighted by Crippen LogP contribution is -2.31. The maximum Gasteiger partial charge on any atom is 0.263 e. The summed E-state index contributed by atoms with van der Waals surface area (Å²) in [4.78, 5) is 21.6. The number of nitrogens with one attached hydrogen (secondary N) is 2. The zero-order valence-corrected chi connectivity index (χ0v) is 14.1. The third kappa shape index (κ3) is 4.05. The van der Waals surface area contributed by atoms with Crippen LogP contribution in [0.1, 0.15) is 33.8 Å². The van der Waals surface area contributed by atoms with Crippen molar-refractivity contribution in [1.29, 1.82) is 0 Å². The molecule has 1 amide bonds. The Morgan fingerprint density at radius 1 is 1.48 bits per heavy atom. The number of amides is 1. The zero-order chi connectivity index (χ0) is 16.2. The third-order valence-electron chi connectivity index (χ3n) is 3.67. The van der Waals surface area contributed by atoms with E-state index in [0.29, 0.717) is 16.6 Å². The highest BCUT2D eigenvalue weighted by Gasteiger charge is 2.19. The summed E-state index contributed by atoms with van der Waals surface area (Å²) in [5.74, 6) is 0.630. The summed E-state index contributed by atoms with van der Waals surface area (Å²) in [6.45, 7) is 5.19. The third-order valence-corrected chi connectivity index (χ3v) is 4.74. The molecule has 2 aromatic heterocycles. The molecule has 1 aliphatic rings. The number of ether oxygens (including phenoxy) is 1. The summed E-state index contributed by atoms with van der Waals surface area (Å²) in [7, 11) is 0. The van der Waals surface area contributed by atoms with E-state index in [2.05, 4.69) is 20.6 Å². The summed E-state index contributed by atoms with van der Waals surface area (Å²) in [6.07, 6.45) is 3.96. The predicted octanol–water partition coefficient (Wildman–Crippen LogP) is 2.81. The summed E-state index contributed by atoms with van der Waals surface area (Å²) in [5.41, 5.74) is 1.83. The van der Waals surface area contributed by atoms with Crippen molar-refractivity contribution in [2.75, 3.05) is 18.5 Å². The maximum absolute atomic E-state index is 12.3. The second-order valence-corrected chi connectivity index (χ2v) is 6.62. The number of hydrogen-bond donors (Lipinski definition) is 2. The molecular formula is C16H20N4O2S. The van der Waals surface area contributed by atoms with Gasteiger partial charge in [0.05, 0.1) is 11.8 Å². The van der Waals surface area contributed by atoms with E-state index in [4.69, 9.17) is 4.74 Å². The Kier molecular flexibility index (Phi) is 4.88. The van der Waals surface area contributed by atoms with Crippen LogP contribution in [0.15, 0.2) is 18.3 Å². The lowest BCUT2D eigenvalue weighted by atomic mass is 10.2. The molecule has 0 radical (unpaired) electrons. The Bertz CT molecular complexity index is 695. The molecule has 7 heteroatoms. The summed E-state index contributed by atoms with van der Waals surface area (Å²) in [6, 6.07) is 3.87. The number of hydrogen-bond acceptors (Lipinski definition) is 6. The van der Waals surface area contributed by atoms with Crippen molar-refractivity contribution in [2.45, 2.75) is 32.8 Å². The van der Waals surface area contributed by atoms with Gasteiger partial charge in [0.2, 0.25) is 0 Å². The fraction of sp³-hybridized carbons (Fsp3) is 0.438. The van der Waals surface area contributed by atoms with Crippen LogP contribution in [0.5, 0.6) is 0 Å². The first-order chi connectivity index (χ1) is 11.1. The van der Waals surface area contributed by atoms with Gasteiger partial charge in [0.25, 0.3) is 5.91 Å². The van der Waals surface area contributed by atoms with Gasteiger partial charge in [-0.05, 0) is 44.4 Å². The van der Waals surface area contributed by atoms with Gasteiger partial charge in [-0.1, -0.05) is 11.3 Å². The predicted molar refractivity (Wildman–Crippen MR) is 90.4 cm³/mol. The van der Waals surface area contributed by atoms with Crippen molar-refractivity contribution in [1.82, 2.24) is 15.3 Å². The highest BCUT2D eigenvalue weighted by Crippen LogP contribution is 2.25. The number of aryl methyl sites for hydroxylation is 2. The first kappa shape index (κ1) is 15.9. The SMILES string of the molecule is Cc1ccnc(Nc2nc(C)c(C(=O)NC[C@@H]3CCCO3)s2)c1. The Morgan fingerprint density at radius 3 is 3.09 bits per heavy atom. The van der Waals surface area contributed by atoms with E-state index in [-0.39, 0.29) is 12.0 Å². The van der Waals surface area contributed by atoms with Crippen molar-refractivity contribution in [3.8, 4) is 0 Å². The highest BCUT2D eigenvalue weighted by atomic mass is 32.1. The average molecular weight is 332 g/mol. The van der Waals surface area contributed by atoms with Gasteiger partial charge >= 0.3 is 0 Å². The molecule has 2 aromatic rings. The maximum atomic E-state index is 12.3. The van der Waals surface area contributed by atoms with Gasteiger partial charge in [-0.25, -0.2) is 9.97 Å². The van der Waals surface area contributed by atoms with Gasteiger partial charge in [-0.3, -0.25) is 4.79 Å². The highest BCUT2D eigenvalue weighted by molar-refractivity contribution is 7.17. The first-order valence-corrected chi connectivity index (χ1v) is 8.50. The molecule has 1 fully saturated rings. The number of nitrogens with zero attached hydrogens (tertiary/aromatic N) is 2. The molecule has 3 heterocycles. The molecular weight excluding hydrogens is 312 g/mol. The van der Waals surface area contributed by atoms with Crippen LogP contribution in [0.4, 0.5) is 10.9 Å². The summed E-state index contributed by atoms with van der Waals surface area (Å²) < 4.78 is 5.52. The van der Waals surface area contributed by atoms with Crippen LogP contribution < -0.4 is 10.6 Å². The van der Waals surface area contributed by atoms with E-state index < -0.39 is 0 Å². The molecule has 0 aromatic carbocycles. The minimum Gasteiger partial charge on any atom is -0.376 e. The number of carbonyl (C=O) groups is 1. The summed E-state index contributed by atoms with van der Waals surface area (Å²) >= 11 is 1.34. The van der Waals surface area contributed by atoms with Crippen molar-refractivity contribution < 1.29 is 9.53 Å². The van der Waals surface area contributed by atoms with Crippen LogP contribution in [0.25, 0.3) is 0 Å². The Hall–Kier alpha value is -1.99. The van der Waals surface area contributed by atoms with Crippen molar-refractivity contribution in [2.24, 2.45) is 0 Å². The van der Waals surface area contributed by atoms with E-state index in [9.17, 15) is 4.79 Å². The van der Waals surface area contributed by atoms with Gasteiger partial charge < -0.3 is 15.4 Å². The van der Waals surface area contributed by atoms with Crippen molar-refractivity contribution >= 4 is 28.2 Å². The number of pyridine rings is 1. The molecule has 1 atom stereocenters. The monoisotopic (exact) mass is 332 g/mol. The normalized spacial score (nSPS) is 17.2.